The molecule has 2 nitrogen and oxygen atoms in total. The summed E-state index contributed by atoms with van der Waals surface area (Å²) in [5.41, 5.74) is 2.12. The molecule has 1 N–H and O–H groups in total. The number of alkyl halides is 1. The fourth-order valence-electron chi connectivity index (χ4n) is 1.55. The number of rotatable bonds is 4. The highest BCUT2D eigenvalue weighted by Gasteiger charge is 2.03. The van der Waals surface area contributed by atoms with Crippen LogP contribution in [0.4, 0.5) is 0 Å². The van der Waals surface area contributed by atoms with Gasteiger partial charge in [0.05, 0.1) is 4.47 Å². The molecule has 0 atom stereocenters. The van der Waals surface area contributed by atoms with Crippen LogP contribution in [0.5, 0.6) is 11.5 Å². The van der Waals surface area contributed by atoms with Gasteiger partial charge in [0, 0.05) is 5.33 Å². The summed E-state index contributed by atoms with van der Waals surface area (Å²) in [5, 5.41) is 10.2. The highest BCUT2D eigenvalue weighted by atomic mass is 79.9. The van der Waals surface area contributed by atoms with Crippen LogP contribution in [-0.2, 0) is 11.9 Å². The average molecular weight is 372 g/mol. The van der Waals surface area contributed by atoms with Gasteiger partial charge in [0.15, 0.2) is 0 Å². The molecule has 0 aliphatic heterocycles. The zero-order valence-electron chi connectivity index (χ0n) is 9.57. The fourth-order valence-corrected chi connectivity index (χ4v) is 2.44. The number of hydrogen-bond acceptors (Lipinski definition) is 2. The number of ether oxygens (including phenoxy) is 1. The van der Waals surface area contributed by atoms with Gasteiger partial charge in [-0.05, 0) is 51.3 Å². The van der Waals surface area contributed by atoms with E-state index in [9.17, 15) is 5.11 Å². The molecule has 0 aliphatic rings. The Balaban J connectivity index is 2.06. The molecule has 0 amide bonds. The first-order valence-corrected chi connectivity index (χ1v) is 7.35. The SMILES string of the molecule is Oc1cccc(COc2ccc(CBr)cc2Br)c1. The maximum absolute atomic E-state index is 9.36. The second kappa shape index (κ2) is 6.25. The molecule has 18 heavy (non-hydrogen) atoms. The van der Waals surface area contributed by atoms with Gasteiger partial charge in [0.2, 0.25) is 0 Å². The van der Waals surface area contributed by atoms with Crippen molar-refractivity contribution in [2.75, 3.05) is 0 Å². The van der Waals surface area contributed by atoms with Crippen molar-refractivity contribution in [1.82, 2.24) is 0 Å². The van der Waals surface area contributed by atoms with Crippen molar-refractivity contribution >= 4 is 31.9 Å². The average Bonchev–Trinajstić information content (AvgIpc) is 2.37. The minimum Gasteiger partial charge on any atom is -0.508 e. The summed E-state index contributed by atoms with van der Waals surface area (Å²) in [7, 11) is 0. The number of aromatic hydroxyl groups is 1. The van der Waals surface area contributed by atoms with Crippen LogP contribution in [0.3, 0.4) is 0 Å². The lowest BCUT2D eigenvalue weighted by atomic mass is 10.2. The zero-order chi connectivity index (χ0) is 13.0. The van der Waals surface area contributed by atoms with Crippen LogP contribution in [0.2, 0.25) is 0 Å². The minimum atomic E-state index is 0.254. The summed E-state index contributed by atoms with van der Waals surface area (Å²) >= 11 is 6.89. The molecule has 0 bridgehead atoms. The third-order valence-corrected chi connectivity index (χ3v) is 3.72. The molecule has 94 valence electrons. The van der Waals surface area contributed by atoms with Crippen molar-refractivity contribution in [1.29, 1.82) is 0 Å². The van der Waals surface area contributed by atoms with E-state index in [2.05, 4.69) is 31.9 Å². The van der Waals surface area contributed by atoms with Crippen molar-refractivity contribution in [2.45, 2.75) is 11.9 Å². The van der Waals surface area contributed by atoms with Gasteiger partial charge in [-0.2, -0.15) is 0 Å². The Hall–Kier alpha value is -1.000. The molecule has 2 aromatic rings. The third-order valence-electron chi connectivity index (χ3n) is 2.46. The Morgan fingerprint density at radius 3 is 2.56 bits per heavy atom. The Morgan fingerprint density at radius 1 is 1.06 bits per heavy atom. The first-order valence-electron chi connectivity index (χ1n) is 5.44. The molecule has 0 aromatic heterocycles. The number of hydrogen-bond donors (Lipinski definition) is 1. The summed E-state index contributed by atoms with van der Waals surface area (Å²) in [6.07, 6.45) is 0. The molecule has 0 saturated carbocycles. The summed E-state index contributed by atoms with van der Waals surface area (Å²) in [5.74, 6) is 1.05. The van der Waals surface area contributed by atoms with E-state index in [-0.39, 0.29) is 5.75 Å². The van der Waals surface area contributed by atoms with E-state index in [0.717, 1.165) is 21.1 Å². The molecule has 0 radical (unpaired) electrons. The van der Waals surface area contributed by atoms with Gasteiger partial charge in [-0.3, -0.25) is 0 Å². The van der Waals surface area contributed by atoms with Crippen LogP contribution in [0.1, 0.15) is 11.1 Å². The van der Waals surface area contributed by atoms with E-state index in [0.29, 0.717) is 6.61 Å². The van der Waals surface area contributed by atoms with Crippen molar-refractivity contribution in [3.05, 3.63) is 58.1 Å². The second-order valence-corrected chi connectivity index (χ2v) is 5.27. The molecular weight excluding hydrogens is 360 g/mol. The first-order chi connectivity index (χ1) is 8.69. The molecule has 0 fully saturated rings. The van der Waals surface area contributed by atoms with Crippen molar-refractivity contribution in [2.24, 2.45) is 0 Å². The third kappa shape index (κ3) is 3.50. The van der Waals surface area contributed by atoms with Crippen molar-refractivity contribution in [3.8, 4) is 11.5 Å². The van der Waals surface area contributed by atoms with E-state index in [1.165, 1.54) is 5.56 Å². The molecule has 0 heterocycles. The maximum atomic E-state index is 9.36. The predicted molar refractivity (Wildman–Crippen MR) is 79.2 cm³/mol. The Labute approximate surface area is 123 Å². The number of halogens is 2. The van der Waals surface area contributed by atoms with Crippen LogP contribution in [0, 0.1) is 0 Å². The maximum Gasteiger partial charge on any atom is 0.134 e. The minimum absolute atomic E-state index is 0.254. The fraction of sp³-hybridized carbons (Fsp3) is 0.143. The van der Waals surface area contributed by atoms with E-state index in [1.807, 2.05) is 24.3 Å². The topological polar surface area (TPSA) is 29.5 Å². The van der Waals surface area contributed by atoms with Gasteiger partial charge >= 0.3 is 0 Å². The highest BCUT2D eigenvalue weighted by Crippen LogP contribution is 2.27. The largest absolute Gasteiger partial charge is 0.508 e. The summed E-state index contributed by atoms with van der Waals surface area (Å²) in [6, 6.07) is 13.0. The Kier molecular flexibility index (Phi) is 4.66. The Morgan fingerprint density at radius 2 is 1.89 bits per heavy atom. The summed E-state index contributed by atoms with van der Waals surface area (Å²) < 4.78 is 6.63. The number of benzene rings is 2. The van der Waals surface area contributed by atoms with Gasteiger partial charge < -0.3 is 9.84 Å². The molecule has 0 spiro atoms. The van der Waals surface area contributed by atoms with Crippen LogP contribution in [-0.4, -0.2) is 5.11 Å². The zero-order valence-corrected chi connectivity index (χ0v) is 12.7. The van der Waals surface area contributed by atoms with Gasteiger partial charge in [-0.1, -0.05) is 34.1 Å². The smallest absolute Gasteiger partial charge is 0.134 e. The normalized spacial score (nSPS) is 10.3. The summed E-state index contributed by atoms with van der Waals surface area (Å²) in [6.45, 7) is 0.431. The lowest BCUT2D eigenvalue weighted by Gasteiger charge is -2.09. The first kappa shape index (κ1) is 13.4. The molecule has 2 rings (SSSR count). The summed E-state index contributed by atoms with van der Waals surface area (Å²) in [4.78, 5) is 0. The molecular formula is C14H12Br2O2. The van der Waals surface area contributed by atoms with Crippen LogP contribution < -0.4 is 4.74 Å². The van der Waals surface area contributed by atoms with E-state index < -0.39 is 0 Å². The highest BCUT2D eigenvalue weighted by molar-refractivity contribution is 9.10. The number of phenolic OH excluding ortho intramolecular Hbond substituents is 1. The molecule has 0 aliphatic carbocycles. The van der Waals surface area contributed by atoms with Crippen LogP contribution in [0.25, 0.3) is 0 Å². The van der Waals surface area contributed by atoms with Crippen molar-refractivity contribution in [3.63, 3.8) is 0 Å². The monoisotopic (exact) mass is 370 g/mol. The lowest BCUT2D eigenvalue weighted by Crippen LogP contribution is -1.96. The van der Waals surface area contributed by atoms with Crippen LogP contribution >= 0.6 is 31.9 Å². The van der Waals surface area contributed by atoms with Gasteiger partial charge in [-0.15, -0.1) is 0 Å². The Bertz CT molecular complexity index is 541. The van der Waals surface area contributed by atoms with Gasteiger partial charge in [0.25, 0.3) is 0 Å². The molecule has 2 aromatic carbocycles. The standard InChI is InChI=1S/C14H12Br2O2/c15-8-10-4-5-14(13(16)7-10)18-9-11-2-1-3-12(17)6-11/h1-7,17H,8-9H2. The second-order valence-electron chi connectivity index (χ2n) is 3.86. The van der Waals surface area contributed by atoms with E-state index in [1.54, 1.807) is 18.2 Å². The van der Waals surface area contributed by atoms with Crippen LogP contribution in [0.15, 0.2) is 46.9 Å². The van der Waals surface area contributed by atoms with Crippen molar-refractivity contribution < 1.29 is 9.84 Å². The quantitative estimate of drug-likeness (QED) is 0.794. The lowest BCUT2D eigenvalue weighted by molar-refractivity contribution is 0.303. The van der Waals surface area contributed by atoms with E-state index in [4.69, 9.17) is 4.74 Å². The molecule has 0 saturated heterocycles. The number of phenols is 1. The van der Waals surface area contributed by atoms with Gasteiger partial charge in [0.1, 0.15) is 18.1 Å². The molecule has 0 unspecified atom stereocenters. The molecule has 4 heteroatoms. The predicted octanol–water partition coefficient (Wildman–Crippen LogP) is 4.63. The van der Waals surface area contributed by atoms with Gasteiger partial charge in [-0.25, -0.2) is 0 Å². The van der Waals surface area contributed by atoms with E-state index >= 15 is 0 Å².